The number of rotatable bonds is 7. The third-order valence-electron chi connectivity index (χ3n) is 5.39. The van der Waals surface area contributed by atoms with Crippen molar-refractivity contribution in [2.45, 2.75) is 12.8 Å². The molecule has 1 aliphatic heterocycles. The quantitative estimate of drug-likeness (QED) is 0.402. The minimum Gasteiger partial charge on any atom is -0.484 e. The Morgan fingerprint density at radius 2 is 1.97 bits per heavy atom. The molecule has 1 aliphatic carbocycles. The van der Waals surface area contributed by atoms with E-state index in [0.29, 0.717) is 19.0 Å². The van der Waals surface area contributed by atoms with Crippen molar-refractivity contribution in [1.29, 1.82) is 0 Å². The van der Waals surface area contributed by atoms with Gasteiger partial charge in [-0.05, 0) is 66.0 Å². The van der Waals surface area contributed by atoms with Gasteiger partial charge in [0.05, 0.1) is 19.4 Å². The first kappa shape index (κ1) is 23.5. The first-order valence-corrected chi connectivity index (χ1v) is 12.0. The zero-order valence-electron chi connectivity index (χ0n) is 18.1. The summed E-state index contributed by atoms with van der Waals surface area (Å²) in [6.07, 6.45) is 5.73. The summed E-state index contributed by atoms with van der Waals surface area (Å²) < 4.78 is 11.9. The van der Waals surface area contributed by atoms with Gasteiger partial charge in [-0.1, -0.05) is 45.7 Å². The maximum atomic E-state index is 12.2. The first-order chi connectivity index (χ1) is 16.1. The third kappa shape index (κ3) is 6.69. The maximum absolute atomic E-state index is 12.2. The molecular weight excluding hydrogens is 506 g/mol. The molecule has 2 aliphatic rings. The van der Waals surface area contributed by atoms with Gasteiger partial charge >= 0.3 is 0 Å². The molecule has 1 N–H and O–H groups in total. The van der Waals surface area contributed by atoms with Crippen molar-refractivity contribution in [2.75, 3.05) is 32.9 Å². The summed E-state index contributed by atoms with van der Waals surface area (Å²) in [4.78, 5) is 14.5. The topological polar surface area (TPSA) is 63.2 Å². The average Bonchev–Trinajstić information content (AvgIpc) is 3.22. The molecule has 33 heavy (non-hydrogen) atoms. The van der Waals surface area contributed by atoms with Gasteiger partial charge in [0.2, 0.25) is 0 Å². The van der Waals surface area contributed by atoms with E-state index in [0.717, 1.165) is 46.6 Å². The average molecular weight is 531 g/mol. The second-order valence-corrected chi connectivity index (χ2v) is 9.09. The summed E-state index contributed by atoms with van der Waals surface area (Å²) in [6.45, 7) is 2.96. The number of nitrogens with one attached hydrogen (secondary N) is 1. The smallest absolute Gasteiger partial charge is 0.277 e. The van der Waals surface area contributed by atoms with E-state index in [1.807, 2.05) is 42.5 Å². The Morgan fingerprint density at radius 1 is 1.18 bits per heavy atom. The molecule has 1 amide bonds. The Hall–Kier alpha value is -2.61. The number of carbonyl (C=O) groups excluding carboxylic acids is 1. The van der Waals surface area contributed by atoms with Crippen molar-refractivity contribution in [2.24, 2.45) is 5.10 Å². The zero-order chi connectivity index (χ0) is 23.0. The second-order valence-electron chi connectivity index (χ2n) is 7.73. The Morgan fingerprint density at radius 3 is 2.73 bits per heavy atom. The van der Waals surface area contributed by atoms with Crippen LogP contribution >= 0.6 is 27.5 Å². The molecule has 0 radical (unpaired) electrons. The van der Waals surface area contributed by atoms with Crippen molar-refractivity contribution in [1.82, 2.24) is 10.3 Å². The lowest BCUT2D eigenvalue weighted by Gasteiger charge is -2.31. The molecule has 6 nitrogen and oxygen atoms in total. The van der Waals surface area contributed by atoms with Gasteiger partial charge in [0.25, 0.3) is 5.91 Å². The molecule has 1 heterocycles. The van der Waals surface area contributed by atoms with Gasteiger partial charge in [0.1, 0.15) is 5.75 Å². The molecule has 0 unspecified atom stereocenters. The number of halogens is 2. The maximum Gasteiger partial charge on any atom is 0.277 e. The lowest BCUT2D eigenvalue weighted by atomic mass is 10.1. The van der Waals surface area contributed by atoms with E-state index in [2.05, 4.69) is 37.4 Å². The SMILES string of the molecule is O=C(COc1cccc(Br)c1)NN=CC1=C(N2CCOCC2)/C(=C\c2ccc(Cl)cc2)CC1. The van der Waals surface area contributed by atoms with Gasteiger partial charge in [-0.2, -0.15) is 5.10 Å². The fourth-order valence-corrected chi connectivity index (χ4v) is 4.36. The fraction of sp³-hybridized carbons (Fsp3) is 0.280. The van der Waals surface area contributed by atoms with E-state index in [4.69, 9.17) is 21.1 Å². The zero-order valence-corrected chi connectivity index (χ0v) is 20.4. The Balaban J connectivity index is 1.45. The van der Waals surface area contributed by atoms with Gasteiger partial charge in [0.15, 0.2) is 6.61 Å². The Bertz CT molecular complexity index is 1080. The number of ether oxygens (including phenoxy) is 2. The van der Waals surface area contributed by atoms with Crippen LogP contribution in [0.4, 0.5) is 0 Å². The molecule has 0 spiro atoms. The van der Waals surface area contributed by atoms with E-state index >= 15 is 0 Å². The van der Waals surface area contributed by atoms with Crippen LogP contribution < -0.4 is 10.2 Å². The van der Waals surface area contributed by atoms with Crippen molar-refractivity contribution in [3.8, 4) is 5.75 Å². The number of morpholine rings is 1. The number of benzene rings is 2. The molecular formula is C25H25BrClN3O3. The molecule has 0 bridgehead atoms. The molecule has 172 valence electrons. The summed E-state index contributed by atoms with van der Waals surface area (Å²) in [5.74, 6) is 0.309. The molecule has 1 saturated heterocycles. The van der Waals surface area contributed by atoms with Crippen LogP contribution in [0.1, 0.15) is 18.4 Å². The van der Waals surface area contributed by atoms with Crippen molar-refractivity contribution in [3.63, 3.8) is 0 Å². The number of amides is 1. The van der Waals surface area contributed by atoms with Crippen LogP contribution in [-0.4, -0.2) is 49.9 Å². The highest BCUT2D eigenvalue weighted by molar-refractivity contribution is 9.10. The summed E-state index contributed by atoms with van der Waals surface area (Å²) in [7, 11) is 0. The Kier molecular flexibility index (Phi) is 8.20. The standard InChI is InChI=1S/C25H25BrClN3O3/c26-21-2-1-3-23(15-21)33-17-24(31)29-28-16-20-7-6-19(14-18-4-8-22(27)9-5-18)25(20)30-10-12-32-13-11-30/h1-5,8-9,14-16H,6-7,10-13,17H2,(H,29,31)/b19-14-,28-16?. The predicted molar refractivity (Wildman–Crippen MR) is 134 cm³/mol. The van der Waals surface area contributed by atoms with Crippen molar-refractivity contribution >= 4 is 45.7 Å². The van der Waals surface area contributed by atoms with Crippen LogP contribution in [-0.2, 0) is 9.53 Å². The monoisotopic (exact) mass is 529 g/mol. The number of hydrazone groups is 1. The molecule has 0 aromatic heterocycles. The fourth-order valence-electron chi connectivity index (χ4n) is 3.85. The number of allylic oxidation sites excluding steroid dienone is 2. The van der Waals surface area contributed by atoms with Gasteiger partial charge in [-0.3, -0.25) is 4.79 Å². The first-order valence-electron chi connectivity index (χ1n) is 10.8. The van der Waals surface area contributed by atoms with Crippen molar-refractivity contribution < 1.29 is 14.3 Å². The molecule has 2 aromatic rings. The minimum atomic E-state index is -0.310. The van der Waals surface area contributed by atoms with Crippen LogP contribution in [0, 0.1) is 0 Å². The summed E-state index contributed by atoms with van der Waals surface area (Å²) >= 11 is 9.42. The van der Waals surface area contributed by atoms with E-state index < -0.39 is 0 Å². The molecule has 8 heteroatoms. The lowest BCUT2D eigenvalue weighted by molar-refractivity contribution is -0.123. The van der Waals surface area contributed by atoms with Crippen LogP contribution in [0.25, 0.3) is 6.08 Å². The molecule has 2 aromatic carbocycles. The van der Waals surface area contributed by atoms with Crippen LogP contribution in [0.15, 0.2) is 74.9 Å². The van der Waals surface area contributed by atoms with Crippen molar-refractivity contribution in [3.05, 3.63) is 80.4 Å². The highest BCUT2D eigenvalue weighted by Gasteiger charge is 2.25. The third-order valence-corrected chi connectivity index (χ3v) is 6.13. The van der Waals surface area contributed by atoms with E-state index in [-0.39, 0.29) is 12.5 Å². The number of nitrogens with zero attached hydrogens (tertiary/aromatic N) is 2. The molecule has 0 saturated carbocycles. The predicted octanol–water partition coefficient (Wildman–Crippen LogP) is 5.05. The molecule has 0 atom stereocenters. The summed E-state index contributed by atoms with van der Waals surface area (Å²) in [5, 5.41) is 4.93. The largest absolute Gasteiger partial charge is 0.484 e. The van der Waals surface area contributed by atoms with Crippen LogP contribution in [0.2, 0.25) is 5.02 Å². The van der Waals surface area contributed by atoms with Gasteiger partial charge < -0.3 is 14.4 Å². The van der Waals surface area contributed by atoms with E-state index in [1.165, 1.54) is 11.3 Å². The Labute approximate surface area is 207 Å². The molecule has 1 fully saturated rings. The normalized spacial score (nSPS) is 17.8. The van der Waals surface area contributed by atoms with E-state index in [1.54, 1.807) is 12.3 Å². The highest BCUT2D eigenvalue weighted by atomic mass is 79.9. The van der Waals surface area contributed by atoms with Gasteiger partial charge in [-0.25, -0.2) is 5.43 Å². The minimum absolute atomic E-state index is 0.106. The number of hydrogen-bond donors (Lipinski definition) is 1. The van der Waals surface area contributed by atoms with Crippen LogP contribution in [0.3, 0.4) is 0 Å². The number of hydrogen-bond acceptors (Lipinski definition) is 5. The van der Waals surface area contributed by atoms with Gasteiger partial charge in [0, 0.05) is 28.3 Å². The highest BCUT2D eigenvalue weighted by Crippen LogP contribution is 2.35. The lowest BCUT2D eigenvalue weighted by Crippen LogP contribution is -2.36. The summed E-state index contributed by atoms with van der Waals surface area (Å²) in [5.41, 5.74) is 7.21. The molecule has 4 rings (SSSR count). The van der Waals surface area contributed by atoms with Crippen LogP contribution in [0.5, 0.6) is 5.75 Å². The summed E-state index contributed by atoms with van der Waals surface area (Å²) in [6, 6.07) is 15.2. The van der Waals surface area contributed by atoms with Gasteiger partial charge in [-0.15, -0.1) is 0 Å². The van der Waals surface area contributed by atoms with E-state index in [9.17, 15) is 4.79 Å². The number of carbonyl (C=O) groups is 1. The second kappa shape index (κ2) is 11.5.